The maximum Gasteiger partial charge on any atom is 0.573 e. The van der Waals surface area contributed by atoms with Crippen LogP contribution >= 0.6 is 24.0 Å². The summed E-state index contributed by atoms with van der Waals surface area (Å²) >= 11 is 5.99. The first-order chi connectivity index (χ1) is 16.2. The summed E-state index contributed by atoms with van der Waals surface area (Å²) in [6, 6.07) is 3.40. The van der Waals surface area contributed by atoms with Crippen LogP contribution in [0.3, 0.4) is 0 Å². The average molecular weight is 584 g/mol. The quantitative estimate of drug-likeness (QED) is 0.484. The minimum atomic E-state index is -5.05. The molecule has 206 valence electrons. The first kappa shape index (κ1) is 30.8. The van der Waals surface area contributed by atoms with Gasteiger partial charge in [0.05, 0.1) is 10.8 Å². The van der Waals surface area contributed by atoms with Crippen molar-refractivity contribution in [1.29, 1.82) is 0 Å². The number of nitrogens with one attached hydrogen (secondary N) is 1. The molecule has 0 atom stereocenters. The Hall–Kier alpha value is -1.41. The van der Waals surface area contributed by atoms with E-state index in [9.17, 15) is 35.2 Å². The fraction of sp³-hybridized carbons (Fsp3) is 0.667. The van der Waals surface area contributed by atoms with Gasteiger partial charge in [0, 0.05) is 51.1 Å². The molecule has 0 radical (unpaired) electrons. The fourth-order valence-electron chi connectivity index (χ4n) is 4.58. The molecule has 1 aliphatic heterocycles. The lowest BCUT2D eigenvalue weighted by atomic mass is 9.78. The molecule has 0 bridgehead atoms. The van der Waals surface area contributed by atoms with E-state index in [1.165, 1.54) is 23.4 Å². The van der Waals surface area contributed by atoms with Crippen molar-refractivity contribution in [2.24, 2.45) is 0 Å². The Morgan fingerprint density at radius 2 is 1.69 bits per heavy atom. The van der Waals surface area contributed by atoms with Crippen LogP contribution in [0, 0.1) is 0 Å². The molecule has 2 aliphatic rings. The number of halogens is 7. The summed E-state index contributed by atoms with van der Waals surface area (Å²) in [7, 11) is -3.40. The third-order valence-corrected chi connectivity index (χ3v) is 8.78. The van der Waals surface area contributed by atoms with E-state index < -0.39 is 57.9 Å². The molecule has 0 aromatic heterocycles. The van der Waals surface area contributed by atoms with Crippen LogP contribution in [0.25, 0.3) is 0 Å². The summed E-state index contributed by atoms with van der Waals surface area (Å²) in [6.45, 7) is 2.31. The van der Waals surface area contributed by atoms with Crippen LogP contribution in [0.4, 0.5) is 22.0 Å². The normalized spacial score (nSPS) is 20.9. The van der Waals surface area contributed by atoms with Crippen molar-refractivity contribution in [1.82, 2.24) is 14.5 Å². The summed E-state index contributed by atoms with van der Waals surface area (Å²) in [5, 5.41) is 2.31. The number of piperazine rings is 1. The number of amides is 1. The van der Waals surface area contributed by atoms with E-state index in [1.54, 1.807) is 0 Å². The Labute approximate surface area is 217 Å². The minimum absolute atomic E-state index is 0. The van der Waals surface area contributed by atoms with E-state index in [-0.39, 0.29) is 68.7 Å². The van der Waals surface area contributed by atoms with Crippen molar-refractivity contribution in [2.45, 2.75) is 50.4 Å². The number of hydrogen-bond acceptors (Lipinski definition) is 5. The first-order valence-electron chi connectivity index (χ1n) is 11.1. The molecule has 1 aromatic rings. The van der Waals surface area contributed by atoms with Crippen molar-refractivity contribution in [3.63, 3.8) is 0 Å². The second-order valence-corrected chi connectivity index (χ2v) is 11.4. The largest absolute Gasteiger partial charge is 0.573 e. The Balaban J connectivity index is 0.00000456. The molecule has 2 fully saturated rings. The van der Waals surface area contributed by atoms with E-state index >= 15 is 0 Å². The predicted molar refractivity (Wildman–Crippen MR) is 126 cm³/mol. The second kappa shape index (κ2) is 11.5. The molecule has 0 spiro atoms. The Morgan fingerprint density at radius 3 is 2.22 bits per heavy atom. The monoisotopic (exact) mass is 583 g/mol. The number of sulfonamides is 1. The molecule has 1 aliphatic carbocycles. The predicted octanol–water partition coefficient (Wildman–Crippen LogP) is 4.31. The standard InChI is InChI=1S/C21H27ClF5N3O4S.ClH/c1-2-35(32,33)30-12-10-29(11-13-30)19(6-8-20(23,24)9-7-19)14-28-18(31)17-15(22)4-3-5-16(17)34-21(25,26)27;/h3-5H,2,6-14H2,1H3,(H,28,31);1H. The van der Waals surface area contributed by atoms with Crippen molar-refractivity contribution in [3.8, 4) is 5.75 Å². The minimum Gasteiger partial charge on any atom is -0.405 e. The van der Waals surface area contributed by atoms with Crippen LogP contribution in [0.5, 0.6) is 5.75 Å². The maximum atomic E-state index is 14.0. The van der Waals surface area contributed by atoms with Crippen LogP contribution in [-0.2, 0) is 10.0 Å². The summed E-state index contributed by atoms with van der Waals surface area (Å²) < 4.78 is 96.0. The Bertz CT molecular complexity index is 1020. The highest BCUT2D eigenvalue weighted by Crippen LogP contribution is 2.42. The Morgan fingerprint density at radius 1 is 1.11 bits per heavy atom. The van der Waals surface area contributed by atoms with Gasteiger partial charge in [-0.3, -0.25) is 9.69 Å². The zero-order chi connectivity index (χ0) is 26.1. The zero-order valence-corrected chi connectivity index (χ0v) is 21.8. The number of hydrogen-bond donors (Lipinski definition) is 1. The van der Waals surface area contributed by atoms with Crippen molar-refractivity contribution < 1.29 is 39.9 Å². The van der Waals surface area contributed by atoms with E-state index in [1.807, 2.05) is 4.90 Å². The number of carbonyl (C=O) groups is 1. The number of alkyl halides is 5. The number of ether oxygens (including phenoxy) is 1. The van der Waals surface area contributed by atoms with Crippen LogP contribution in [-0.4, -0.2) is 79.8 Å². The van der Waals surface area contributed by atoms with Crippen LogP contribution < -0.4 is 10.1 Å². The van der Waals surface area contributed by atoms with Gasteiger partial charge < -0.3 is 10.1 Å². The topological polar surface area (TPSA) is 79.0 Å². The van der Waals surface area contributed by atoms with Gasteiger partial charge in [0.25, 0.3) is 5.91 Å². The molecule has 3 rings (SSSR count). The SMILES string of the molecule is CCS(=O)(=O)N1CCN(C2(CNC(=O)c3c(Cl)cccc3OC(F)(F)F)CCC(F)(F)CC2)CC1.Cl. The molecule has 15 heteroatoms. The van der Waals surface area contributed by atoms with Gasteiger partial charge >= 0.3 is 6.36 Å². The summed E-state index contributed by atoms with van der Waals surface area (Å²) in [5.74, 6) is -4.62. The molecule has 1 saturated carbocycles. The number of nitrogens with zero attached hydrogens (tertiary/aromatic N) is 2. The van der Waals surface area contributed by atoms with Crippen LogP contribution in [0.1, 0.15) is 43.0 Å². The maximum absolute atomic E-state index is 14.0. The third-order valence-electron chi connectivity index (χ3n) is 6.59. The van der Waals surface area contributed by atoms with E-state index in [0.29, 0.717) is 0 Å². The number of benzene rings is 1. The second-order valence-electron chi connectivity index (χ2n) is 8.71. The fourth-order valence-corrected chi connectivity index (χ4v) is 5.91. The van der Waals surface area contributed by atoms with Crippen molar-refractivity contribution in [3.05, 3.63) is 28.8 Å². The molecule has 0 unspecified atom stereocenters. The molecule has 1 aromatic carbocycles. The molecule has 7 nitrogen and oxygen atoms in total. The Kier molecular flexibility index (Phi) is 9.88. The summed E-state index contributed by atoms with van der Waals surface area (Å²) in [4.78, 5) is 14.8. The van der Waals surface area contributed by atoms with Gasteiger partial charge in [0.1, 0.15) is 11.3 Å². The lowest BCUT2D eigenvalue weighted by Gasteiger charge is -2.50. The van der Waals surface area contributed by atoms with Gasteiger partial charge in [-0.2, -0.15) is 4.31 Å². The van der Waals surface area contributed by atoms with Gasteiger partial charge in [-0.15, -0.1) is 25.6 Å². The van der Waals surface area contributed by atoms with Crippen LogP contribution in [0.2, 0.25) is 5.02 Å². The number of carbonyl (C=O) groups excluding carboxylic acids is 1. The van der Waals surface area contributed by atoms with Crippen LogP contribution in [0.15, 0.2) is 18.2 Å². The molecular formula is C21H28Cl2F5N3O4S. The van der Waals surface area contributed by atoms with E-state index in [0.717, 1.165) is 6.07 Å². The highest BCUT2D eigenvalue weighted by atomic mass is 35.5. The average Bonchev–Trinajstić information content (AvgIpc) is 2.78. The van der Waals surface area contributed by atoms with E-state index in [2.05, 4.69) is 10.1 Å². The lowest BCUT2D eigenvalue weighted by Crippen LogP contribution is -2.63. The zero-order valence-electron chi connectivity index (χ0n) is 19.4. The van der Waals surface area contributed by atoms with E-state index in [4.69, 9.17) is 11.6 Å². The first-order valence-corrected chi connectivity index (χ1v) is 13.1. The molecular weight excluding hydrogens is 556 g/mol. The highest BCUT2D eigenvalue weighted by molar-refractivity contribution is 7.89. The van der Waals surface area contributed by atoms with Gasteiger partial charge in [-0.1, -0.05) is 17.7 Å². The van der Waals surface area contributed by atoms with Crippen molar-refractivity contribution >= 4 is 39.9 Å². The summed E-state index contributed by atoms with van der Waals surface area (Å²) in [5.41, 5.74) is -1.42. The number of rotatable bonds is 7. The molecule has 36 heavy (non-hydrogen) atoms. The van der Waals surface area contributed by atoms with Gasteiger partial charge in [0.15, 0.2) is 0 Å². The molecule has 1 saturated heterocycles. The molecule has 1 N–H and O–H groups in total. The molecule has 1 heterocycles. The van der Waals surface area contributed by atoms with Gasteiger partial charge in [-0.05, 0) is 31.9 Å². The van der Waals surface area contributed by atoms with Gasteiger partial charge in [0.2, 0.25) is 15.9 Å². The highest BCUT2D eigenvalue weighted by Gasteiger charge is 2.48. The smallest absolute Gasteiger partial charge is 0.405 e. The lowest BCUT2D eigenvalue weighted by molar-refractivity contribution is -0.274. The molecule has 1 amide bonds. The van der Waals surface area contributed by atoms with Gasteiger partial charge in [-0.25, -0.2) is 17.2 Å². The van der Waals surface area contributed by atoms with Crippen molar-refractivity contribution in [2.75, 3.05) is 38.5 Å². The summed E-state index contributed by atoms with van der Waals surface area (Å²) in [6.07, 6.45) is -5.85. The third kappa shape index (κ3) is 7.33.